The van der Waals surface area contributed by atoms with Crippen LogP contribution in [0.25, 0.3) is 27.3 Å². The number of hydrogen-bond donors (Lipinski definition) is 0. The first-order valence-electron chi connectivity index (χ1n) is 8.10. The third-order valence-corrected chi connectivity index (χ3v) is 6.22. The monoisotopic (exact) mass is 354 g/mol. The van der Waals surface area contributed by atoms with Crippen LogP contribution in [-0.2, 0) is 12.8 Å². The molecule has 3 aromatic heterocycles. The van der Waals surface area contributed by atoms with Crippen LogP contribution < -0.4 is 0 Å². The van der Waals surface area contributed by atoms with Crippen molar-refractivity contribution in [3.63, 3.8) is 0 Å². The van der Waals surface area contributed by atoms with E-state index in [1.807, 2.05) is 46.3 Å². The summed E-state index contributed by atoms with van der Waals surface area (Å²) in [6.07, 6.45) is 5.34. The second-order valence-electron chi connectivity index (χ2n) is 6.50. The van der Waals surface area contributed by atoms with Crippen molar-refractivity contribution in [1.29, 1.82) is 0 Å². The Morgan fingerprint density at radius 1 is 1.21 bits per heavy atom. The van der Waals surface area contributed by atoms with Crippen LogP contribution in [0.15, 0.2) is 30.6 Å². The minimum absolute atomic E-state index is 0.717. The van der Waals surface area contributed by atoms with Gasteiger partial charge >= 0.3 is 0 Å². The fraction of sp³-hybridized carbons (Fsp3) is 0.278. The summed E-state index contributed by atoms with van der Waals surface area (Å²) in [5, 5.41) is 10.8. The minimum Gasteiger partial charge on any atom is -0.265 e. The molecule has 0 saturated heterocycles. The van der Waals surface area contributed by atoms with Crippen LogP contribution in [0.2, 0.25) is 5.02 Å². The van der Waals surface area contributed by atoms with Crippen LogP contribution in [0.1, 0.15) is 23.8 Å². The van der Waals surface area contributed by atoms with Crippen LogP contribution in [0, 0.1) is 5.92 Å². The molecule has 1 aliphatic rings. The van der Waals surface area contributed by atoms with Gasteiger partial charge in [-0.25, -0.2) is 4.98 Å². The molecule has 0 N–H and O–H groups in total. The average Bonchev–Trinajstić information content (AvgIpc) is 3.15. The molecular weight excluding hydrogens is 340 g/mol. The summed E-state index contributed by atoms with van der Waals surface area (Å²) >= 11 is 7.81. The largest absolute Gasteiger partial charge is 0.265 e. The lowest BCUT2D eigenvalue weighted by Crippen LogP contribution is -2.08. The average molecular weight is 355 g/mol. The molecule has 0 radical (unpaired) electrons. The minimum atomic E-state index is 0.717. The molecule has 0 bridgehead atoms. The third-order valence-electron chi connectivity index (χ3n) is 4.81. The number of nitrogens with zero attached hydrogens (tertiary/aromatic N) is 4. The Kier molecular flexibility index (Phi) is 3.15. The normalized spacial score (nSPS) is 17.5. The van der Waals surface area contributed by atoms with Crippen LogP contribution in [0.3, 0.4) is 0 Å². The molecule has 4 nitrogen and oxygen atoms in total. The molecule has 120 valence electrons. The van der Waals surface area contributed by atoms with E-state index in [1.165, 1.54) is 22.2 Å². The first-order chi connectivity index (χ1) is 11.7. The molecule has 0 aliphatic heterocycles. The molecule has 24 heavy (non-hydrogen) atoms. The summed E-state index contributed by atoms with van der Waals surface area (Å²) in [4.78, 5) is 7.24. The number of halogens is 1. The Morgan fingerprint density at radius 2 is 2.04 bits per heavy atom. The van der Waals surface area contributed by atoms with Crippen molar-refractivity contribution in [2.45, 2.75) is 26.2 Å². The summed E-state index contributed by atoms with van der Waals surface area (Å²) in [7, 11) is 0. The smallest absolute Gasteiger partial charge is 0.172 e. The third kappa shape index (κ3) is 2.08. The second-order valence-corrected chi connectivity index (χ2v) is 8.02. The topological polar surface area (TPSA) is 43.1 Å². The van der Waals surface area contributed by atoms with E-state index in [0.717, 1.165) is 40.6 Å². The van der Waals surface area contributed by atoms with E-state index in [1.54, 1.807) is 0 Å². The van der Waals surface area contributed by atoms with E-state index in [0.29, 0.717) is 5.02 Å². The second kappa shape index (κ2) is 5.26. The molecule has 1 aliphatic carbocycles. The highest BCUT2D eigenvalue weighted by Crippen LogP contribution is 2.39. The maximum Gasteiger partial charge on any atom is 0.172 e. The molecule has 1 unspecified atom stereocenters. The van der Waals surface area contributed by atoms with Crippen molar-refractivity contribution in [1.82, 2.24) is 19.6 Å². The Morgan fingerprint density at radius 3 is 2.88 bits per heavy atom. The number of aromatic nitrogens is 4. The van der Waals surface area contributed by atoms with Crippen LogP contribution >= 0.6 is 22.9 Å². The summed E-state index contributed by atoms with van der Waals surface area (Å²) in [6, 6.07) is 7.68. The van der Waals surface area contributed by atoms with E-state index in [4.69, 9.17) is 16.6 Å². The van der Waals surface area contributed by atoms with Crippen LogP contribution in [0.5, 0.6) is 0 Å². The van der Waals surface area contributed by atoms with Gasteiger partial charge in [0.15, 0.2) is 11.5 Å². The summed E-state index contributed by atoms with van der Waals surface area (Å²) < 4.78 is 2.00. The predicted molar refractivity (Wildman–Crippen MR) is 97.8 cm³/mol. The molecule has 0 fully saturated rings. The fourth-order valence-electron chi connectivity index (χ4n) is 3.54. The van der Waals surface area contributed by atoms with Crippen molar-refractivity contribution in [2.75, 3.05) is 0 Å². The zero-order valence-electron chi connectivity index (χ0n) is 13.2. The molecule has 1 atom stereocenters. The molecule has 5 rings (SSSR count). The lowest BCUT2D eigenvalue weighted by atomic mass is 9.89. The molecule has 3 heterocycles. The Balaban J connectivity index is 1.76. The highest BCUT2D eigenvalue weighted by atomic mass is 35.5. The summed E-state index contributed by atoms with van der Waals surface area (Å²) in [5.74, 6) is 1.56. The number of rotatable bonds is 1. The zero-order valence-corrected chi connectivity index (χ0v) is 14.7. The van der Waals surface area contributed by atoms with Gasteiger partial charge in [0, 0.05) is 15.5 Å². The molecule has 1 aromatic carbocycles. The number of thiophene rings is 1. The van der Waals surface area contributed by atoms with Crippen molar-refractivity contribution in [2.24, 2.45) is 5.92 Å². The van der Waals surface area contributed by atoms with Gasteiger partial charge in [0.1, 0.15) is 11.2 Å². The Bertz CT molecular complexity index is 1060. The predicted octanol–water partition coefficient (Wildman–Crippen LogP) is 4.78. The van der Waals surface area contributed by atoms with Crippen LogP contribution in [-0.4, -0.2) is 19.6 Å². The SMILES string of the molecule is CC1CCc2c(sc3ncn4c(-c5ccc(Cl)cc5)nnc4c23)C1. The van der Waals surface area contributed by atoms with Gasteiger partial charge in [-0.1, -0.05) is 18.5 Å². The van der Waals surface area contributed by atoms with Gasteiger partial charge < -0.3 is 0 Å². The van der Waals surface area contributed by atoms with E-state index in [9.17, 15) is 0 Å². The number of benzene rings is 1. The molecule has 6 heteroatoms. The van der Waals surface area contributed by atoms with Gasteiger partial charge in [-0.2, -0.15) is 0 Å². The standard InChI is InChI=1S/C18H15ClN4S/c1-10-2-7-13-14(8-10)24-18-15(13)17-22-21-16(23(17)9-20-18)11-3-5-12(19)6-4-11/h3-6,9-10H,2,7-8H2,1H3. The number of fused-ring (bicyclic) bond motifs is 5. The molecule has 0 spiro atoms. The Labute approximate surface area is 148 Å². The van der Waals surface area contributed by atoms with Crippen molar-refractivity contribution in [3.05, 3.63) is 46.1 Å². The number of hydrogen-bond acceptors (Lipinski definition) is 4. The fourth-order valence-corrected chi connectivity index (χ4v) is 5.01. The van der Waals surface area contributed by atoms with E-state index < -0.39 is 0 Å². The van der Waals surface area contributed by atoms with E-state index >= 15 is 0 Å². The molecule has 0 saturated carbocycles. The maximum absolute atomic E-state index is 5.99. The van der Waals surface area contributed by atoms with Crippen molar-refractivity contribution >= 4 is 38.8 Å². The van der Waals surface area contributed by atoms with Gasteiger partial charge in [-0.3, -0.25) is 4.40 Å². The Hall–Kier alpha value is -1.98. The lowest BCUT2D eigenvalue weighted by Gasteiger charge is -2.17. The highest BCUT2D eigenvalue weighted by Gasteiger charge is 2.23. The van der Waals surface area contributed by atoms with Crippen LogP contribution in [0.4, 0.5) is 0 Å². The van der Waals surface area contributed by atoms with Gasteiger partial charge in [-0.15, -0.1) is 21.5 Å². The highest BCUT2D eigenvalue weighted by molar-refractivity contribution is 7.19. The maximum atomic E-state index is 5.99. The quantitative estimate of drug-likeness (QED) is 0.494. The summed E-state index contributed by atoms with van der Waals surface area (Å²) in [6.45, 7) is 2.33. The van der Waals surface area contributed by atoms with Gasteiger partial charge in [0.2, 0.25) is 0 Å². The first kappa shape index (κ1) is 14.4. The van der Waals surface area contributed by atoms with Crippen molar-refractivity contribution < 1.29 is 0 Å². The van der Waals surface area contributed by atoms with Gasteiger partial charge in [0.05, 0.1) is 5.39 Å². The first-order valence-corrected chi connectivity index (χ1v) is 9.30. The van der Waals surface area contributed by atoms with Crippen molar-refractivity contribution in [3.8, 4) is 11.4 Å². The van der Waals surface area contributed by atoms with Gasteiger partial charge in [0.25, 0.3) is 0 Å². The van der Waals surface area contributed by atoms with E-state index in [-0.39, 0.29) is 0 Å². The van der Waals surface area contributed by atoms with Gasteiger partial charge in [-0.05, 0) is 55.0 Å². The van der Waals surface area contributed by atoms with E-state index in [2.05, 4.69) is 17.1 Å². The lowest BCUT2D eigenvalue weighted by molar-refractivity contribution is 0.509. The number of aryl methyl sites for hydroxylation is 1. The molecule has 4 aromatic rings. The summed E-state index contributed by atoms with van der Waals surface area (Å²) in [5.41, 5.74) is 3.34. The zero-order chi connectivity index (χ0) is 16.3. The molecular formula is C18H15ClN4S. The molecule has 0 amide bonds.